The maximum absolute atomic E-state index is 5.86. The molecule has 0 radical (unpaired) electrons. The number of amidine groups is 1. The number of aliphatic imine (C=N–C) groups is 1. The van der Waals surface area contributed by atoms with Gasteiger partial charge in [0.1, 0.15) is 5.65 Å². The maximum atomic E-state index is 5.86. The number of allylic oxidation sites excluding steroid dienone is 4. The van der Waals surface area contributed by atoms with Gasteiger partial charge < -0.3 is 19.0 Å². The molecular weight excluding hydrogens is 938 g/mol. The van der Waals surface area contributed by atoms with Gasteiger partial charge in [0.25, 0.3) is 0 Å². The fourth-order valence-electron chi connectivity index (χ4n) is 11.4. The smallest absolute Gasteiger partial charge is 0.357 e. The van der Waals surface area contributed by atoms with Crippen molar-refractivity contribution in [2.24, 2.45) is 10.9 Å². The van der Waals surface area contributed by atoms with Crippen LogP contribution in [0.15, 0.2) is 125 Å². The van der Waals surface area contributed by atoms with Crippen LogP contribution in [0.4, 0.5) is 0 Å². The van der Waals surface area contributed by atoms with Gasteiger partial charge in [-0.05, 0) is 135 Å². The molecule has 3 atom stereocenters. The predicted octanol–water partition coefficient (Wildman–Crippen LogP) is 13.5. The van der Waals surface area contributed by atoms with Crippen molar-refractivity contribution in [1.29, 1.82) is 0 Å². The summed E-state index contributed by atoms with van der Waals surface area (Å²) in [6, 6.07) is 41.8. The number of aryl methyl sites for hydroxylation is 3. The van der Waals surface area contributed by atoms with Crippen molar-refractivity contribution < 1.29 is 21.1 Å². The molecule has 0 saturated carbocycles. The largest absolute Gasteiger partial charge is 2.00 e. The standard InChI is InChI=1S/C56H53N5.Pt/c1-32(2)39-19-23-48-45(28-39)43-14-12-24-57-54(43)59(48)41-20-21-42-44-27-33(3)16-22-49(44)60(51(42)30-41)50-29-40(18-17-36(50)6)53-58-55(9)31-46-35(5)13-11-15-47(46)56(55,10)61(53)52-37(7)25-34(4)26-38(52)8;/h11-25,27-28,32,38H,26,31H2,1-10H3;/q-2;+2/t38-,55+,56-;/m0./s1. The Kier molecular flexibility index (Phi) is 9.33. The summed E-state index contributed by atoms with van der Waals surface area (Å²) in [7, 11) is 0. The van der Waals surface area contributed by atoms with E-state index in [1.807, 2.05) is 12.3 Å². The number of fused-ring (bicyclic) bond motifs is 9. The average Bonchev–Trinajstić information content (AvgIpc) is 3.87. The number of hydrogen-bond acceptors (Lipinski definition) is 3. The topological polar surface area (TPSA) is 38.4 Å². The van der Waals surface area contributed by atoms with Gasteiger partial charge in [-0.2, -0.15) is 6.07 Å². The van der Waals surface area contributed by atoms with Crippen molar-refractivity contribution in [3.8, 4) is 11.4 Å². The van der Waals surface area contributed by atoms with Gasteiger partial charge in [-0.25, -0.2) is 4.98 Å². The fraction of sp³-hybridized carbons (Fsp3) is 0.286. The minimum atomic E-state index is -0.369. The molecule has 0 N–H and O–H groups in total. The van der Waals surface area contributed by atoms with Crippen LogP contribution in [0.3, 0.4) is 0 Å². The molecule has 62 heavy (non-hydrogen) atoms. The van der Waals surface area contributed by atoms with E-state index in [0.29, 0.717) is 11.8 Å². The zero-order chi connectivity index (χ0) is 42.3. The summed E-state index contributed by atoms with van der Waals surface area (Å²) in [5.41, 5.74) is 18.5. The van der Waals surface area contributed by atoms with Crippen LogP contribution >= 0.6 is 0 Å². The Hall–Kier alpha value is -5.51. The molecule has 0 bridgehead atoms. The number of nitrogens with zero attached hydrogens (tertiary/aromatic N) is 5. The summed E-state index contributed by atoms with van der Waals surface area (Å²) >= 11 is 0. The average molecular weight is 991 g/mol. The SMILES string of the molecule is CC1=CC(C)=C(N2C(c3[c-]c(-n4c5[c-]c(-n6c7ccc(C(C)C)cc7c7cccnc76)ccc5c5cc(C)ccc54)c(C)cc3)=N[C@]3(C)Cc4c(C)cccc4[C@]23C)[C@@H](C)C1.[Pt+2]. The number of hydrogen-bond donors (Lipinski definition) is 0. The van der Waals surface area contributed by atoms with Gasteiger partial charge in [-0.3, -0.25) is 0 Å². The Morgan fingerprint density at radius 3 is 2.32 bits per heavy atom. The van der Waals surface area contributed by atoms with Crippen LogP contribution in [0.1, 0.15) is 99.7 Å². The zero-order valence-corrected chi connectivity index (χ0v) is 39.7. The monoisotopic (exact) mass is 990 g/mol. The van der Waals surface area contributed by atoms with Crippen molar-refractivity contribution in [3.63, 3.8) is 0 Å². The van der Waals surface area contributed by atoms with Crippen LogP contribution in [0, 0.1) is 38.8 Å². The van der Waals surface area contributed by atoms with E-state index in [1.54, 1.807) is 0 Å². The summed E-state index contributed by atoms with van der Waals surface area (Å²) in [5, 5.41) is 4.73. The normalized spacial score (nSPS) is 21.0. The Morgan fingerprint density at radius 2 is 1.53 bits per heavy atom. The van der Waals surface area contributed by atoms with Crippen LogP contribution in [0.25, 0.3) is 55.1 Å². The van der Waals surface area contributed by atoms with Gasteiger partial charge in [0.2, 0.25) is 0 Å². The van der Waals surface area contributed by atoms with Crippen molar-refractivity contribution in [2.45, 2.75) is 99.1 Å². The van der Waals surface area contributed by atoms with Crippen molar-refractivity contribution in [1.82, 2.24) is 19.0 Å². The van der Waals surface area contributed by atoms with Gasteiger partial charge >= 0.3 is 21.1 Å². The van der Waals surface area contributed by atoms with Gasteiger partial charge in [-0.1, -0.05) is 92.5 Å². The van der Waals surface area contributed by atoms with Crippen molar-refractivity contribution in [3.05, 3.63) is 171 Å². The molecule has 11 rings (SSSR count). The minimum Gasteiger partial charge on any atom is -0.357 e. The Balaban J connectivity index is 0.00000458. The second-order valence-electron chi connectivity index (χ2n) is 19.1. The molecule has 5 nitrogen and oxygen atoms in total. The van der Waals surface area contributed by atoms with Crippen LogP contribution in [-0.2, 0) is 33.0 Å². The molecular formula is C56H53N5Pt. The first-order valence-corrected chi connectivity index (χ1v) is 22.0. The van der Waals surface area contributed by atoms with Crippen molar-refractivity contribution >= 4 is 49.6 Å². The summed E-state index contributed by atoms with van der Waals surface area (Å²) in [5.74, 6) is 1.78. The molecule has 0 fully saturated rings. The molecule has 3 aromatic heterocycles. The van der Waals surface area contributed by atoms with E-state index in [9.17, 15) is 0 Å². The van der Waals surface area contributed by atoms with E-state index in [1.165, 1.54) is 55.4 Å². The number of aromatic nitrogens is 3. The van der Waals surface area contributed by atoms with Gasteiger partial charge in [0, 0.05) is 28.2 Å². The first kappa shape index (κ1) is 40.6. The molecule has 312 valence electrons. The first-order chi connectivity index (χ1) is 29.3. The second kappa shape index (κ2) is 14.3. The minimum absolute atomic E-state index is 0. The molecule has 4 heterocycles. The second-order valence-corrected chi connectivity index (χ2v) is 19.1. The molecule has 2 aliphatic carbocycles. The zero-order valence-electron chi connectivity index (χ0n) is 37.4. The third-order valence-electron chi connectivity index (χ3n) is 14.6. The summed E-state index contributed by atoms with van der Waals surface area (Å²) < 4.78 is 4.68. The molecule has 0 saturated heterocycles. The summed E-state index contributed by atoms with van der Waals surface area (Å²) in [4.78, 5) is 13.5. The van der Waals surface area contributed by atoms with Crippen LogP contribution in [0.2, 0.25) is 0 Å². The van der Waals surface area contributed by atoms with Gasteiger partial charge in [0.05, 0.1) is 22.4 Å². The molecule has 0 amide bonds. The maximum Gasteiger partial charge on any atom is 2.00 e. The third kappa shape index (κ3) is 5.62. The van der Waals surface area contributed by atoms with Crippen LogP contribution in [0.5, 0.6) is 0 Å². The number of benzene rings is 5. The Morgan fingerprint density at radius 1 is 0.758 bits per heavy atom. The molecule has 0 spiro atoms. The first-order valence-electron chi connectivity index (χ1n) is 22.0. The van der Waals surface area contributed by atoms with E-state index in [4.69, 9.17) is 9.98 Å². The number of pyridine rings is 1. The third-order valence-corrected chi connectivity index (χ3v) is 14.6. The Labute approximate surface area is 380 Å². The van der Waals surface area contributed by atoms with E-state index >= 15 is 0 Å². The Bertz CT molecular complexity index is 3300. The molecule has 6 heteroatoms. The van der Waals surface area contributed by atoms with Gasteiger partial charge in [-0.15, -0.1) is 46.8 Å². The quantitative estimate of drug-likeness (QED) is 0.161. The van der Waals surface area contributed by atoms with E-state index < -0.39 is 0 Å². The van der Waals surface area contributed by atoms with Crippen LogP contribution in [-0.4, -0.2) is 30.4 Å². The van der Waals surface area contributed by atoms with E-state index in [2.05, 4.69) is 186 Å². The van der Waals surface area contributed by atoms with Crippen molar-refractivity contribution in [2.75, 3.05) is 0 Å². The van der Waals surface area contributed by atoms with Gasteiger partial charge in [0.15, 0.2) is 0 Å². The molecule has 8 aromatic rings. The molecule has 0 unspecified atom stereocenters. The predicted molar refractivity (Wildman–Crippen MR) is 253 cm³/mol. The number of rotatable bonds is 5. The van der Waals surface area contributed by atoms with E-state index in [0.717, 1.165) is 74.1 Å². The van der Waals surface area contributed by atoms with E-state index in [-0.39, 0.29) is 32.1 Å². The summed E-state index contributed by atoms with van der Waals surface area (Å²) in [6.07, 6.45) is 6.23. The molecule has 5 aromatic carbocycles. The van der Waals surface area contributed by atoms with Crippen LogP contribution < -0.4 is 0 Å². The molecule has 3 aliphatic rings. The fourth-order valence-corrected chi connectivity index (χ4v) is 11.4. The summed E-state index contributed by atoms with van der Waals surface area (Å²) in [6.45, 7) is 22.9. The molecule has 1 aliphatic heterocycles.